The molecule has 2 fully saturated rings. The van der Waals surface area contributed by atoms with E-state index in [-0.39, 0.29) is 11.9 Å². The number of nitrogens with zero attached hydrogens (tertiary/aromatic N) is 1. The maximum absolute atomic E-state index is 12.8. The van der Waals surface area contributed by atoms with Crippen LogP contribution in [0.25, 0.3) is 10.4 Å². The van der Waals surface area contributed by atoms with Gasteiger partial charge in [0.15, 0.2) is 0 Å². The Morgan fingerprint density at radius 2 is 1.91 bits per heavy atom. The molecule has 1 saturated heterocycles. The zero-order valence-corrected chi connectivity index (χ0v) is 14.3. The summed E-state index contributed by atoms with van der Waals surface area (Å²) in [7, 11) is 0. The molecular formula is C18H19ClN2OS. The van der Waals surface area contributed by atoms with Gasteiger partial charge in [0.1, 0.15) is 0 Å². The van der Waals surface area contributed by atoms with Crippen LogP contribution in [0.4, 0.5) is 0 Å². The summed E-state index contributed by atoms with van der Waals surface area (Å²) < 4.78 is 0. The fourth-order valence-electron chi connectivity index (χ4n) is 3.85. The van der Waals surface area contributed by atoms with E-state index in [2.05, 4.69) is 0 Å². The lowest BCUT2D eigenvalue weighted by atomic mass is 9.98. The molecule has 4 rings (SSSR count). The van der Waals surface area contributed by atoms with Crippen LogP contribution in [0.5, 0.6) is 0 Å². The SMILES string of the molecule is NC1CCC2CN(C(=O)c3ccc(-c4ccc(Cl)cc4)s3)CC12. The highest BCUT2D eigenvalue weighted by molar-refractivity contribution is 7.17. The Balaban J connectivity index is 1.51. The van der Waals surface area contributed by atoms with E-state index in [0.717, 1.165) is 46.3 Å². The average Bonchev–Trinajstić information content (AvgIpc) is 3.25. The van der Waals surface area contributed by atoms with Crippen molar-refractivity contribution in [2.24, 2.45) is 17.6 Å². The zero-order chi connectivity index (χ0) is 16.0. The van der Waals surface area contributed by atoms with Crippen molar-refractivity contribution in [2.45, 2.75) is 18.9 Å². The Hall–Kier alpha value is -1.36. The minimum atomic E-state index is 0.150. The van der Waals surface area contributed by atoms with Gasteiger partial charge in [-0.25, -0.2) is 0 Å². The molecule has 2 N–H and O–H groups in total. The summed E-state index contributed by atoms with van der Waals surface area (Å²) >= 11 is 7.48. The summed E-state index contributed by atoms with van der Waals surface area (Å²) in [6, 6.07) is 12.0. The molecule has 2 aliphatic rings. The number of likely N-dealkylation sites (tertiary alicyclic amines) is 1. The van der Waals surface area contributed by atoms with Crippen LogP contribution in [0.3, 0.4) is 0 Å². The zero-order valence-electron chi connectivity index (χ0n) is 12.7. The van der Waals surface area contributed by atoms with Crippen molar-refractivity contribution in [3.63, 3.8) is 0 Å². The molecule has 3 atom stereocenters. The van der Waals surface area contributed by atoms with Gasteiger partial charge in [-0.1, -0.05) is 23.7 Å². The van der Waals surface area contributed by atoms with Crippen molar-refractivity contribution in [1.29, 1.82) is 0 Å². The first-order valence-electron chi connectivity index (χ1n) is 8.02. The number of carbonyl (C=O) groups excluding carboxylic acids is 1. The number of nitrogens with two attached hydrogens (primary N) is 1. The maximum atomic E-state index is 12.8. The Labute approximate surface area is 145 Å². The Morgan fingerprint density at radius 1 is 1.13 bits per heavy atom. The molecule has 1 aliphatic heterocycles. The highest BCUT2D eigenvalue weighted by Gasteiger charge is 2.42. The standard InChI is InChI=1S/C18H19ClN2OS/c19-13-4-1-11(2-5-13)16-7-8-17(23-16)18(22)21-9-12-3-6-15(20)14(12)10-21/h1-2,4-5,7-8,12,14-15H,3,6,9-10,20H2. The van der Waals surface area contributed by atoms with Crippen LogP contribution in [-0.2, 0) is 0 Å². The molecule has 2 aromatic rings. The molecule has 1 amide bonds. The molecule has 3 nitrogen and oxygen atoms in total. The highest BCUT2D eigenvalue weighted by Crippen LogP contribution is 2.38. The van der Waals surface area contributed by atoms with E-state index in [1.807, 2.05) is 41.3 Å². The van der Waals surface area contributed by atoms with Gasteiger partial charge in [0.2, 0.25) is 0 Å². The Bertz CT molecular complexity index is 727. The van der Waals surface area contributed by atoms with E-state index < -0.39 is 0 Å². The quantitative estimate of drug-likeness (QED) is 0.897. The minimum absolute atomic E-state index is 0.150. The first-order valence-corrected chi connectivity index (χ1v) is 9.22. The molecule has 1 saturated carbocycles. The van der Waals surface area contributed by atoms with Gasteiger partial charge < -0.3 is 10.6 Å². The largest absolute Gasteiger partial charge is 0.337 e. The van der Waals surface area contributed by atoms with E-state index >= 15 is 0 Å². The number of thiophene rings is 1. The van der Waals surface area contributed by atoms with Gasteiger partial charge in [0.25, 0.3) is 5.91 Å². The lowest BCUT2D eigenvalue weighted by Crippen LogP contribution is -2.33. The van der Waals surface area contributed by atoms with Crippen molar-refractivity contribution in [3.8, 4) is 10.4 Å². The monoisotopic (exact) mass is 346 g/mol. The van der Waals surface area contributed by atoms with Crippen LogP contribution < -0.4 is 5.73 Å². The van der Waals surface area contributed by atoms with Gasteiger partial charge in [-0.15, -0.1) is 11.3 Å². The van der Waals surface area contributed by atoms with Crippen LogP contribution in [0.2, 0.25) is 5.02 Å². The molecule has 1 aromatic heterocycles. The summed E-state index contributed by atoms with van der Waals surface area (Å²) in [5.41, 5.74) is 7.26. The average molecular weight is 347 g/mol. The molecule has 120 valence electrons. The van der Waals surface area contributed by atoms with Crippen LogP contribution in [0.1, 0.15) is 22.5 Å². The third kappa shape index (κ3) is 2.80. The number of fused-ring (bicyclic) bond motifs is 1. The second-order valence-corrected chi connectivity index (χ2v) is 8.07. The molecule has 5 heteroatoms. The van der Waals surface area contributed by atoms with Crippen LogP contribution in [0, 0.1) is 11.8 Å². The number of hydrogen-bond donors (Lipinski definition) is 1. The number of halogens is 1. The lowest BCUT2D eigenvalue weighted by Gasteiger charge is -2.17. The van der Waals surface area contributed by atoms with Crippen LogP contribution >= 0.6 is 22.9 Å². The predicted molar refractivity (Wildman–Crippen MR) is 94.9 cm³/mol. The Morgan fingerprint density at radius 3 is 2.65 bits per heavy atom. The third-order valence-corrected chi connectivity index (χ3v) is 6.52. The third-order valence-electron chi connectivity index (χ3n) is 5.15. The number of benzene rings is 1. The van der Waals surface area contributed by atoms with Crippen molar-refractivity contribution >= 4 is 28.8 Å². The minimum Gasteiger partial charge on any atom is -0.337 e. The van der Waals surface area contributed by atoms with Crippen molar-refractivity contribution < 1.29 is 4.79 Å². The molecule has 0 radical (unpaired) electrons. The highest BCUT2D eigenvalue weighted by atomic mass is 35.5. The smallest absolute Gasteiger partial charge is 0.263 e. The van der Waals surface area contributed by atoms with Crippen molar-refractivity contribution in [2.75, 3.05) is 13.1 Å². The fourth-order valence-corrected chi connectivity index (χ4v) is 4.96. The lowest BCUT2D eigenvalue weighted by molar-refractivity contribution is 0.0784. The maximum Gasteiger partial charge on any atom is 0.263 e. The van der Waals surface area contributed by atoms with E-state index in [4.69, 9.17) is 17.3 Å². The number of amides is 1. The van der Waals surface area contributed by atoms with Gasteiger partial charge in [0, 0.05) is 29.0 Å². The van der Waals surface area contributed by atoms with Gasteiger partial charge in [-0.05, 0) is 54.5 Å². The second-order valence-electron chi connectivity index (χ2n) is 6.55. The molecule has 1 aromatic carbocycles. The van der Waals surface area contributed by atoms with Gasteiger partial charge in [-0.3, -0.25) is 4.79 Å². The Kier molecular flexibility index (Phi) is 3.92. The van der Waals surface area contributed by atoms with E-state index in [9.17, 15) is 4.79 Å². The second kappa shape index (κ2) is 5.93. The topological polar surface area (TPSA) is 46.3 Å². The van der Waals surface area contributed by atoms with Crippen molar-refractivity contribution in [3.05, 3.63) is 46.3 Å². The normalized spacial score (nSPS) is 26.5. The summed E-state index contributed by atoms with van der Waals surface area (Å²) in [6.07, 6.45) is 2.27. The van der Waals surface area contributed by atoms with E-state index in [1.165, 1.54) is 0 Å². The molecule has 1 aliphatic carbocycles. The number of rotatable bonds is 2. The van der Waals surface area contributed by atoms with E-state index in [1.54, 1.807) is 11.3 Å². The summed E-state index contributed by atoms with van der Waals surface area (Å²) in [5.74, 6) is 1.25. The van der Waals surface area contributed by atoms with Gasteiger partial charge in [-0.2, -0.15) is 0 Å². The molecule has 0 bridgehead atoms. The molecule has 3 unspecified atom stereocenters. The van der Waals surface area contributed by atoms with Gasteiger partial charge >= 0.3 is 0 Å². The van der Waals surface area contributed by atoms with Crippen LogP contribution in [0.15, 0.2) is 36.4 Å². The van der Waals surface area contributed by atoms with Crippen molar-refractivity contribution in [1.82, 2.24) is 4.90 Å². The summed E-state index contributed by atoms with van der Waals surface area (Å²) in [6.45, 7) is 1.68. The first-order chi connectivity index (χ1) is 11.1. The van der Waals surface area contributed by atoms with Gasteiger partial charge in [0.05, 0.1) is 4.88 Å². The molecule has 23 heavy (non-hydrogen) atoms. The predicted octanol–water partition coefficient (Wildman–Crippen LogP) is 3.88. The number of hydrogen-bond acceptors (Lipinski definition) is 3. The van der Waals surface area contributed by atoms with Crippen LogP contribution in [-0.4, -0.2) is 29.9 Å². The first kappa shape index (κ1) is 15.2. The number of carbonyl (C=O) groups is 1. The van der Waals surface area contributed by atoms with E-state index in [0.29, 0.717) is 11.8 Å². The molecular weight excluding hydrogens is 328 g/mol. The molecule has 2 heterocycles. The molecule has 0 spiro atoms. The summed E-state index contributed by atoms with van der Waals surface area (Å²) in [4.78, 5) is 16.7. The fraction of sp³-hybridized carbons (Fsp3) is 0.389. The summed E-state index contributed by atoms with van der Waals surface area (Å²) in [5, 5.41) is 0.724.